The molecule has 2 saturated heterocycles. The lowest BCUT2D eigenvalue weighted by Crippen LogP contribution is -2.24. The Kier molecular flexibility index (Phi) is 4.93. The molecule has 2 aromatic heterocycles. The van der Waals surface area contributed by atoms with E-state index < -0.39 is 11.6 Å². The van der Waals surface area contributed by atoms with Gasteiger partial charge in [-0.05, 0) is 23.6 Å². The molecule has 0 spiro atoms. The standard InChI is InChI=1S/C26H20F2N4O3/c1-3-17-20(27)5-4-13-6-16(33)7-18(21(13)17)23-22(28)24-19(8-29-23)25(31-26(30-24)34-2)32-9-14-11-35-12-15(14)10-32/h1,4-8,14-15,33H,9-12H2,2H3. The zero-order valence-electron chi connectivity index (χ0n) is 18.8. The van der Waals surface area contributed by atoms with Crippen molar-refractivity contribution >= 4 is 27.5 Å². The van der Waals surface area contributed by atoms with Gasteiger partial charge in [0.1, 0.15) is 28.6 Å². The van der Waals surface area contributed by atoms with Gasteiger partial charge < -0.3 is 19.5 Å². The van der Waals surface area contributed by atoms with Gasteiger partial charge in [-0.25, -0.2) is 8.78 Å². The zero-order chi connectivity index (χ0) is 24.3. The number of halogens is 2. The summed E-state index contributed by atoms with van der Waals surface area (Å²) >= 11 is 0. The van der Waals surface area contributed by atoms with E-state index in [4.69, 9.17) is 15.9 Å². The van der Waals surface area contributed by atoms with Gasteiger partial charge in [0.2, 0.25) is 0 Å². The Morgan fingerprint density at radius 3 is 2.66 bits per heavy atom. The van der Waals surface area contributed by atoms with E-state index in [1.165, 1.54) is 37.6 Å². The van der Waals surface area contributed by atoms with Gasteiger partial charge in [0, 0.05) is 42.1 Å². The van der Waals surface area contributed by atoms with E-state index in [0.29, 0.717) is 41.6 Å². The molecule has 0 radical (unpaired) electrons. The minimum absolute atomic E-state index is 0.0142. The number of rotatable bonds is 3. The van der Waals surface area contributed by atoms with Crippen LogP contribution in [0.4, 0.5) is 14.6 Å². The second kappa shape index (κ2) is 8.03. The number of hydrogen-bond acceptors (Lipinski definition) is 7. The van der Waals surface area contributed by atoms with Crippen LogP contribution in [0.25, 0.3) is 32.9 Å². The highest BCUT2D eigenvalue weighted by molar-refractivity contribution is 6.03. The van der Waals surface area contributed by atoms with E-state index in [0.717, 1.165) is 13.1 Å². The SMILES string of the molecule is C#Cc1c(F)ccc2cc(O)cc(-c3ncc4c(N5CC6COCC6C5)nc(OC)nc4c3F)c12. The number of fused-ring (bicyclic) bond motifs is 3. The predicted molar refractivity (Wildman–Crippen MR) is 126 cm³/mol. The smallest absolute Gasteiger partial charge is 0.318 e. The summed E-state index contributed by atoms with van der Waals surface area (Å²) in [7, 11) is 1.42. The molecule has 7 nitrogen and oxygen atoms in total. The van der Waals surface area contributed by atoms with Crippen LogP contribution in [-0.2, 0) is 4.74 Å². The molecule has 9 heteroatoms. The number of pyridine rings is 1. The number of phenols is 1. The highest BCUT2D eigenvalue weighted by Crippen LogP contribution is 2.40. The Labute approximate surface area is 199 Å². The number of nitrogens with zero attached hydrogens (tertiary/aromatic N) is 4. The van der Waals surface area contributed by atoms with Crippen LogP contribution in [0.3, 0.4) is 0 Å². The van der Waals surface area contributed by atoms with Crippen LogP contribution in [0.5, 0.6) is 11.8 Å². The van der Waals surface area contributed by atoms with Crippen LogP contribution in [0.2, 0.25) is 0 Å². The van der Waals surface area contributed by atoms with Crippen molar-refractivity contribution < 1.29 is 23.4 Å². The second-order valence-corrected chi connectivity index (χ2v) is 8.84. The number of ether oxygens (including phenoxy) is 2. The van der Waals surface area contributed by atoms with Crippen LogP contribution in [-0.4, -0.2) is 53.5 Å². The third-order valence-electron chi connectivity index (χ3n) is 6.82. The zero-order valence-corrected chi connectivity index (χ0v) is 18.8. The highest BCUT2D eigenvalue weighted by atomic mass is 19.1. The maximum Gasteiger partial charge on any atom is 0.318 e. The maximum atomic E-state index is 16.1. The van der Waals surface area contributed by atoms with E-state index in [-0.39, 0.29) is 39.5 Å². The van der Waals surface area contributed by atoms with Crippen LogP contribution < -0.4 is 9.64 Å². The van der Waals surface area contributed by atoms with E-state index >= 15 is 4.39 Å². The number of phenolic OH excluding ortho intramolecular Hbond substituents is 1. The molecule has 2 aliphatic heterocycles. The fraction of sp³-hybridized carbons (Fsp3) is 0.269. The predicted octanol–water partition coefficient (Wildman–Crippen LogP) is 3.90. The molecule has 4 aromatic rings. The number of methoxy groups -OCH3 is 1. The van der Waals surface area contributed by atoms with Gasteiger partial charge in [-0.15, -0.1) is 6.42 Å². The fourth-order valence-electron chi connectivity index (χ4n) is 5.15. The number of aromatic nitrogens is 3. The summed E-state index contributed by atoms with van der Waals surface area (Å²) in [5.41, 5.74) is 0.0311. The van der Waals surface area contributed by atoms with Gasteiger partial charge in [-0.1, -0.05) is 12.0 Å². The normalized spacial score (nSPS) is 19.3. The molecule has 0 bridgehead atoms. The first-order chi connectivity index (χ1) is 17.0. The minimum Gasteiger partial charge on any atom is -0.508 e. The van der Waals surface area contributed by atoms with Gasteiger partial charge in [0.25, 0.3) is 0 Å². The summed E-state index contributed by atoms with van der Waals surface area (Å²) in [5.74, 6) is 2.16. The van der Waals surface area contributed by atoms with Crippen molar-refractivity contribution in [2.24, 2.45) is 11.8 Å². The summed E-state index contributed by atoms with van der Waals surface area (Å²) in [6, 6.07) is 5.47. The molecule has 2 unspecified atom stereocenters. The Balaban J connectivity index is 1.58. The third kappa shape index (κ3) is 3.33. The lowest BCUT2D eigenvalue weighted by molar-refractivity contribution is 0.177. The molecule has 2 aliphatic rings. The monoisotopic (exact) mass is 474 g/mol. The average Bonchev–Trinajstić information content (AvgIpc) is 3.46. The van der Waals surface area contributed by atoms with Gasteiger partial charge in [-0.3, -0.25) is 4.98 Å². The lowest BCUT2D eigenvalue weighted by atomic mass is 9.96. The van der Waals surface area contributed by atoms with Crippen LogP contribution in [0.15, 0.2) is 30.5 Å². The van der Waals surface area contributed by atoms with Crippen molar-refractivity contribution in [3.8, 4) is 35.4 Å². The van der Waals surface area contributed by atoms with Gasteiger partial charge in [-0.2, -0.15) is 9.97 Å². The number of terminal acetylenes is 1. The molecular weight excluding hydrogens is 454 g/mol. The Morgan fingerprint density at radius 2 is 1.94 bits per heavy atom. The quantitative estimate of drug-likeness (QED) is 0.451. The topological polar surface area (TPSA) is 80.6 Å². The molecule has 6 rings (SSSR count). The van der Waals surface area contributed by atoms with Crippen molar-refractivity contribution in [1.82, 2.24) is 15.0 Å². The van der Waals surface area contributed by atoms with Crippen LogP contribution >= 0.6 is 0 Å². The molecule has 0 saturated carbocycles. The van der Waals surface area contributed by atoms with Crippen molar-refractivity contribution in [3.63, 3.8) is 0 Å². The third-order valence-corrected chi connectivity index (χ3v) is 6.82. The summed E-state index contributed by atoms with van der Waals surface area (Å²) in [6.07, 6.45) is 7.08. The van der Waals surface area contributed by atoms with Crippen LogP contribution in [0.1, 0.15) is 5.56 Å². The number of anilines is 1. The van der Waals surface area contributed by atoms with E-state index in [1.807, 2.05) is 0 Å². The lowest BCUT2D eigenvalue weighted by Gasteiger charge is -2.21. The number of hydrogen-bond donors (Lipinski definition) is 1. The Morgan fingerprint density at radius 1 is 1.17 bits per heavy atom. The molecule has 1 N–H and O–H groups in total. The number of benzene rings is 2. The fourth-order valence-corrected chi connectivity index (χ4v) is 5.15. The van der Waals surface area contributed by atoms with E-state index in [9.17, 15) is 9.50 Å². The van der Waals surface area contributed by atoms with Crippen molar-refractivity contribution in [1.29, 1.82) is 0 Å². The summed E-state index contributed by atoms with van der Waals surface area (Å²) < 4.78 is 41.5. The molecule has 4 heterocycles. The minimum atomic E-state index is -0.744. The first kappa shape index (κ1) is 21.5. The first-order valence-electron chi connectivity index (χ1n) is 11.1. The number of aromatic hydroxyl groups is 1. The molecule has 0 amide bonds. The Hall–Kier alpha value is -4.03. The Bertz CT molecular complexity index is 1540. The summed E-state index contributed by atoms with van der Waals surface area (Å²) in [6.45, 7) is 2.84. The highest BCUT2D eigenvalue weighted by Gasteiger charge is 2.38. The van der Waals surface area contributed by atoms with Gasteiger partial charge >= 0.3 is 6.01 Å². The molecule has 0 aliphatic carbocycles. The molecule has 2 aromatic carbocycles. The van der Waals surface area contributed by atoms with Gasteiger partial charge in [0.15, 0.2) is 5.82 Å². The van der Waals surface area contributed by atoms with Crippen molar-refractivity contribution in [2.75, 3.05) is 38.3 Å². The summed E-state index contributed by atoms with van der Waals surface area (Å²) in [4.78, 5) is 15.2. The van der Waals surface area contributed by atoms with Crippen molar-refractivity contribution in [3.05, 3.63) is 47.7 Å². The molecule has 2 fully saturated rings. The van der Waals surface area contributed by atoms with E-state index in [2.05, 4.69) is 25.8 Å². The largest absolute Gasteiger partial charge is 0.508 e. The summed E-state index contributed by atoms with van der Waals surface area (Å²) in [5, 5.41) is 11.5. The van der Waals surface area contributed by atoms with Crippen LogP contribution in [0, 0.1) is 35.8 Å². The van der Waals surface area contributed by atoms with Crippen molar-refractivity contribution in [2.45, 2.75) is 0 Å². The first-order valence-corrected chi connectivity index (χ1v) is 11.1. The molecule has 2 atom stereocenters. The molecule has 176 valence electrons. The second-order valence-electron chi connectivity index (χ2n) is 8.84. The average molecular weight is 474 g/mol. The molecular formula is C26H20F2N4O3. The van der Waals surface area contributed by atoms with E-state index in [1.54, 1.807) is 0 Å². The van der Waals surface area contributed by atoms with Gasteiger partial charge in [0.05, 0.1) is 31.3 Å². The molecule has 35 heavy (non-hydrogen) atoms. The maximum absolute atomic E-state index is 16.1.